The molecule has 0 radical (unpaired) electrons. The fourth-order valence-corrected chi connectivity index (χ4v) is 4.25. The zero-order valence-electron chi connectivity index (χ0n) is 20.8. The standard InChI is InChI=1S/C27H21BrF3N3O5/c1-15(26(36)38-3)39-23-20(28)11-16(12-22(23)37-2)14-32-34-24(17-7-6-8-18(13-17)27(29,30)31)33-21-10-5-4-9-19(21)25(34)35/h4-15H,1-3H3/t15-/m1/s1. The number of carbonyl (C=O) groups is 1. The maximum Gasteiger partial charge on any atom is 0.416 e. The highest BCUT2D eigenvalue weighted by molar-refractivity contribution is 9.10. The van der Waals surface area contributed by atoms with Gasteiger partial charge in [0.1, 0.15) is 0 Å². The van der Waals surface area contributed by atoms with Crippen molar-refractivity contribution in [2.75, 3.05) is 14.2 Å². The van der Waals surface area contributed by atoms with Crippen LogP contribution in [0.15, 0.2) is 75.0 Å². The first-order chi connectivity index (χ1) is 18.5. The zero-order chi connectivity index (χ0) is 28.3. The average molecular weight is 604 g/mol. The molecule has 0 fully saturated rings. The van der Waals surface area contributed by atoms with Crippen molar-refractivity contribution in [2.45, 2.75) is 19.2 Å². The van der Waals surface area contributed by atoms with Gasteiger partial charge in [-0.05, 0) is 64.8 Å². The van der Waals surface area contributed by atoms with E-state index in [0.29, 0.717) is 15.6 Å². The number of hydrogen-bond donors (Lipinski definition) is 0. The van der Waals surface area contributed by atoms with Crippen molar-refractivity contribution in [1.82, 2.24) is 9.66 Å². The smallest absolute Gasteiger partial charge is 0.416 e. The molecule has 0 unspecified atom stereocenters. The van der Waals surface area contributed by atoms with Crippen molar-refractivity contribution in [3.8, 4) is 22.9 Å². The maximum atomic E-state index is 13.4. The number of para-hydroxylation sites is 1. The normalized spacial score (nSPS) is 12.5. The molecule has 0 spiro atoms. The monoisotopic (exact) mass is 603 g/mol. The Hall–Kier alpha value is -4.19. The molecule has 0 aliphatic rings. The molecule has 202 valence electrons. The van der Waals surface area contributed by atoms with Gasteiger partial charge >= 0.3 is 12.1 Å². The summed E-state index contributed by atoms with van der Waals surface area (Å²) in [4.78, 5) is 29.6. The van der Waals surface area contributed by atoms with Gasteiger partial charge in [-0.3, -0.25) is 4.79 Å². The average Bonchev–Trinajstić information content (AvgIpc) is 2.92. The molecule has 4 aromatic rings. The number of alkyl halides is 3. The van der Waals surface area contributed by atoms with E-state index in [4.69, 9.17) is 9.47 Å². The van der Waals surface area contributed by atoms with Gasteiger partial charge in [-0.15, -0.1) is 0 Å². The highest BCUT2D eigenvalue weighted by atomic mass is 79.9. The third-order valence-corrected chi connectivity index (χ3v) is 6.19. The van der Waals surface area contributed by atoms with E-state index in [-0.39, 0.29) is 28.3 Å². The summed E-state index contributed by atoms with van der Waals surface area (Å²) < 4.78 is 57.3. The Morgan fingerprint density at radius 3 is 2.54 bits per heavy atom. The van der Waals surface area contributed by atoms with Crippen LogP contribution in [-0.2, 0) is 15.7 Å². The summed E-state index contributed by atoms with van der Waals surface area (Å²) in [7, 11) is 2.65. The van der Waals surface area contributed by atoms with E-state index in [1.54, 1.807) is 36.4 Å². The van der Waals surface area contributed by atoms with Crippen LogP contribution in [-0.4, -0.2) is 42.2 Å². The van der Waals surface area contributed by atoms with Gasteiger partial charge in [0.15, 0.2) is 23.4 Å². The molecular weight excluding hydrogens is 583 g/mol. The lowest BCUT2D eigenvalue weighted by atomic mass is 10.1. The second-order valence-corrected chi connectivity index (χ2v) is 9.06. The van der Waals surface area contributed by atoms with Gasteiger partial charge in [0.05, 0.1) is 41.4 Å². The van der Waals surface area contributed by atoms with Crippen LogP contribution in [0.3, 0.4) is 0 Å². The van der Waals surface area contributed by atoms with Crippen molar-refractivity contribution < 1.29 is 32.2 Å². The first-order valence-corrected chi connectivity index (χ1v) is 12.2. The number of hydrogen-bond acceptors (Lipinski definition) is 7. The van der Waals surface area contributed by atoms with Crippen LogP contribution in [0.25, 0.3) is 22.3 Å². The topological polar surface area (TPSA) is 92.0 Å². The minimum atomic E-state index is -4.58. The van der Waals surface area contributed by atoms with Crippen molar-refractivity contribution >= 4 is 39.0 Å². The Morgan fingerprint density at radius 2 is 1.85 bits per heavy atom. The molecule has 12 heteroatoms. The highest BCUT2D eigenvalue weighted by Crippen LogP contribution is 2.37. The molecule has 1 aromatic heterocycles. The third-order valence-electron chi connectivity index (χ3n) is 5.60. The van der Waals surface area contributed by atoms with Crippen LogP contribution in [0.5, 0.6) is 11.5 Å². The largest absolute Gasteiger partial charge is 0.493 e. The molecule has 4 rings (SSSR count). The SMILES string of the molecule is COC(=O)[C@@H](C)Oc1c(Br)cc(C=Nn2c(-c3cccc(C(F)(F)F)c3)nc3ccccc3c2=O)cc1OC. The second-order valence-electron chi connectivity index (χ2n) is 8.21. The number of rotatable bonds is 7. The summed E-state index contributed by atoms with van der Waals surface area (Å²) in [5.74, 6) is -0.163. The number of halogens is 4. The lowest BCUT2D eigenvalue weighted by Crippen LogP contribution is -2.25. The molecule has 3 aromatic carbocycles. The Labute approximate surface area is 228 Å². The molecule has 0 amide bonds. The van der Waals surface area contributed by atoms with Crippen LogP contribution in [0, 0.1) is 0 Å². The first-order valence-electron chi connectivity index (χ1n) is 11.4. The van der Waals surface area contributed by atoms with Crippen LogP contribution in [0.1, 0.15) is 18.1 Å². The lowest BCUT2D eigenvalue weighted by molar-refractivity contribution is -0.148. The molecule has 0 saturated heterocycles. The van der Waals surface area contributed by atoms with Gasteiger partial charge in [-0.2, -0.15) is 22.9 Å². The minimum absolute atomic E-state index is 0.0594. The van der Waals surface area contributed by atoms with Gasteiger partial charge < -0.3 is 14.2 Å². The fourth-order valence-electron chi connectivity index (χ4n) is 3.70. The number of esters is 1. The fraction of sp³-hybridized carbons (Fsp3) is 0.185. The summed E-state index contributed by atoms with van der Waals surface area (Å²) >= 11 is 3.38. The number of nitrogens with zero attached hydrogens (tertiary/aromatic N) is 3. The Balaban J connectivity index is 1.83. The Morgan fingerprint density at radius 1 is 1.10 bits per heavy atom. The predicted octanol–water partition coefficient (Wildman–Crippen LogP) is 5.68. The van der Waals surface area contributed by atoms with Gasteiger partial charge in [-0.25, -0.2) is 9.78 Å². The number of fused-ring (bicyclic) bond motifs is 1. The molecule has 0 saturated carbocycles. The molecular formula is C27H21BrF3N3O5. The highest BCUT2D eigenvalue weighted by Gasteiger charge is 2.31. The molecule has 0 bridgehead atoms. The summed E-state index contributed by atoms with van der Waals surface area (Å²) in [6, 6.07) is 14.1. The van der Waals surface area contributed by atoms with Crippen molar-refractivity contribution in [1.29, 1.82) is 0 Å². The third kappa shape index (κ3) is 5.95. The number of carbonyl (C=O) groups excluding carboxylic acids is 1. The van der Waals surface area contributed by atoms with Crippen molar-refractivity contribution in [3.63, 3.8) is 0 Å². The molecule has 0 N–H and O–H groups in total. The minimum Gasteiger partial charge on any atom is -0.493 e. The molecule has 0 aliphatic carbocycles. The quantitative estimate of drug-likeness (QED) is 0.199. The first kappa shape index (κ1) is 27.8. The number of ether oxygens (including phenoxy) is 3. The van der Waals surface area contributed by atoms with Gasteiger partial charge in [-0.1, -0.05) is 24.3 Å². The predicted molar refractivity (Wildman–Crippen MR) is 142 cm³/mol. The maximum absolute atomic E-state index is 13.4. The van der Waals surface area contributed by atoms with E-state index in [2.05, 4.69) is 30.8 Å². The number of methoxy groups -OCH3 is 2. The van der Waals surface area contributed by atoms with Gasteiger partial charge in [0, 0.05) is 5.56 Å². The van der Waals surface area contributed by atoms with Gasteiger partial charge in [0.25, 0.3) is 5.56 Å². The molecule has 8 nitrogen and oxygen atoms in total. The lowest BCUT2D eigenvalue weighted by Gasteiger charge is -2.17. The Bertz CT molecular complexity index is 1640. The molecule has 1 atom stereocenters. The summed E-state index contributed by atoms with van der Waals surface area (Å²) in [5.41, 5.74) is -0.631. The van der Waals surface area contributed by atoms with Crippen molar-refractivity contribution in [2.24, 2.45) is 5.10 Å². The van der Waals surface area contributed by atoms with Crippen LogP contribution in [0.2, 0.25) is 0 Å². The second kappa shape index (κ2) is 11.3. The summed E-state index contributed by atoms with van der Waals surface area (Å²) in [5, 5.41) is 4.53. The molecule has 39 heavy (non-hydrogen) atoms. The molecule has 1 heterocycles. The van der Waals surface area contributed by atoms with Crippen LogP contribution in [0.4, 0.5) is 13.2 Å². The summed E-state index contributed by atoms with van der Waals surface area (Å²) in [6.45, 7) is 1.52. The van der Waals surface area contributed by atoms with E-state index in [9.17, 15) is 22.8 Å². The van der Waals surface area contributed by atoms with Crippen LogP contribution < -0.4 is 15.0 Å². The van der Waals surface area contributed by atoms with E-state index < -0.39 is 29.4 Å². The number of benzene rings is 3. The van der Waals surface area contributed by atoms with E-state index in [0.717, 1.165) is 16.8 Å². The zero-order valence-corrected chi connectivity index (χ0v) is 22.4. The summed E-state index contributed by atoms with van der Waals surface area (Å²) in [6.07, 6.45) is -4.17. The van der Waals surface area contributed by atoms with Gasteiger partial charge in [0.2, 0.25) is 0 Å². The van der Waals surface area contributed by atoms with E-state index in [1.165, 1.54) is 39.5 Å². The number of aromatic nitrogens is 2. The molecule has 0 aliphatic heterocycles. The van der Waals surface area contributed by atoms with Crippen LogP contribution >= 0.6 is 15.9 Å². The van der Waals surface area contributed by atoms with E-state index >= 15 is 0 Å². The Kier molecular flexibility index (Phi) is 8.05. The van der Waals surface area contributed by atoms with E-state index in [1.807, 2.05) is 0 Å². The van der Waals surface area contributed by atoms with Crippen molar-refractivity contribution in [3.05, 3.63) is 86.6 Å².